The monoisotopic (exact) mass is 513 g/mol. The average molecular weight is 514 g/mol. The minimum Gasteiger partial charge on any atom is -0.444 e. The predicted octanol–water partition coefficient (Wildman–Crippen LogP) is 7.58. The van der Waals surface area contributed by atoms with Crippen molar-refractivity contribution in [2.75, 3.05) is 5.32 Å². The van der Waals surface area contributed by atoms with E-state index in [-0.39, 0.29) is 0 Å². The van der Waals surface area contributed by atoms with Gasteiger partial charge in [0, 0.05) is 31.1 Å². The third-order valence-electron chi connectivity index (χ3n) is 4.53. The van der Waals surface area contributed by atoms with E-state index in [4.69, 9.17) is 27.9 Å². The first-order chi connectivity index (χ1) is 16.0. The molecule has 166 valence electrons. The summed E-state index contributed by atoms with van der Waals surface area (Å²) in [5.41, 5.74) is 1.33. The number of rotatable bonds is 7. The molecule has 1 atom stereocenters. The van der Waals surface area contributed by atoms with Crippen molar-refractivity contribution in [1.29, 1.82) is 0 Å². The van der Waals surface area contributed by atoms with Crippen molar-refractivity contribution in [2.24, 2.45) is 0 Å². The quantitative estimate of drug-likeness (QED) is 0.204. The van der Waals surface area contributed by atoms with Crippen molar-refractivity contribution in [3.63, 3.8) is 0 Å². The number of anilines is 1. The molecule has 33 heavy (non-hydrogen) atoms. The SMILES string of the molecule is O=C(OC(C(=O)Nc1cc(Cl)cc(Cl)c1)c1ccccc1)/C(=C/c1cccs1)c1cccs1. The normalized spacial score (nSPS) is 12.2. The van der Waals surface area contributed by atoms with Gasteiger partial charge in [0.1, 0.15) is 0 Å². The van der Waals surface area contributed by atoms with Gasteiger partial charge in [0.05, 0.1) is 5.57 Å². The van der Waals surface area contributed by atoms with Gasteiger partial charge in [0.25, 0.3) is 5.91 Å². The van der Waals surface area contributed by atoms with E-state index in [9.17, 15) is 9.59 Å². The molecule has 0 saturated heterocycles. The third kappa shape index (κ3) is 6.12. The van der Waals surface area contributed by atoms with Gasteiger partial charge >= 0.3 is 5.97 Å². The first-order valence-corrected chi connectivity index (χ1v) is 12.3. The fourth-order valence-electron chi connectivity index (χ4n) is 3.08. The molecule has 0 fully saturated rings. The van der Waals surface area contributed by atoms with E-state index in [1.165, 1.54) is 22.7 Å². The molecule has 2 aromatic heterocycles. The Kier molecular flexibility index (Phi) is 7.62. The first-order valence-electron chi connectivity index (χ1n) is 9.81. The van der Waals surface area contributed by atoms with Gasteiger partial charge in [-0.25, -0.2) is 4.79 Å². The van der Waals surface area contributed by atoms with Crippen LogP contribution in [0.3, 0.4) is 0 Å². The molecule has 4 nitrogen and oxygen atoms in total. The van der Waals surface area contributed by atoms with E-state index < -0.39 is 18.0 Å². The summed E-state index contributed by atoms with van der Waals surface area (Å²) < 4.78 is 5.79. The molecule has 4 rings (SSSR count). The number of esters is 1. The highest BCUT2D eigenvalue weighted by atomic mass is 35.5. The summed E-state index contributed by atoms with van der Waals surface area (Å²) in [7, 11) is 0. The van der Waals surface area contributed by atoms with E-state index in [1.807, 2.05) is 41.1 Å². The molecular weight excluding hydrogens is 497 g/mol. The molecule has 0 saturated carbocycles. The number of halogens is 2. The number of hydrogen-bond donors (Lipinski definition) is 1. The molecule has 1 amide bonds. The topological polar surface area (TPSA) is 55.4 Å². The Bertz CT molecular complexity index is 1250. The number of thiophene rings is 2. The van der Waals surface area contributed by atoms with Gasteiger partial charge < -0.3 is 10.1 Å². The molecule has 0 spiro atoms. The second-order valence-electron chi connectivity index (χ2n) is 6.89. The van der Waals surface area contributed by atoms with E-state index in [2.05, 4.69) is 5.32 Å². The Labute approximate surface area is 209 Å². The van der Waals surface area contributed by atoms with Gasteiger partial charge in [-0.2, -0.15) is 0 Å². The molecule has 2 aromatic carbocycles. The minimum absolute atomic E-state index is 0.380. The van der Waals surface area contributed by atoms with Crippen LogP contribution in [0.1, 0.15) is 21.4 Å². The number of carbonyl (C=O) groups is 2. The number of nitrogens with one attached hydrogen (secondary N) is 1. The van der Waals surface area contributed by atoms with Crippen LogP contribution in [0.15, 0.2) is 83.6 Å². The Morgan fingerprint density at radius 3 is 2.21 bits per heavy atom. The highest BCUT2D eigenvalue weighted by Gasteiger charge is 2.28. The van der Waals surface area contributed by atoms with Crippen LogP contribution in [0.5, 0.6) is 0 Å². The molecule has 1 unspecified atom stereocenters. The van der Waals surface area contributed by atoms with Crippen molar-refractivity contribution in [2.45, 2.75) is 6.10 Å². The van der Waals surface area contributed by atoms with Gasteiger partial charge in [-0.15, -0.1) is 22.7 Å². The van der Waals surface area contributed by atoms with Crippen molar-refractivity contribution in [3.05, 3.63) is 109 Å². The van der Waals surface area contributed by atoms with Crippen LogP contribution in [0.4, 0.5) is 5.69 Å². The highest BCUT2D eigenvalue weighted by molar-refractivity contribution is 7.12. The number of carbonyl (C=O) groups excluding carboxylic acids is 2. The lowest BCUT2D eigenvalue weighted by Gasteiger charge is -2.19. The molecule has 8 heteroatoms. The zero-order valence-corrected chi connectivity index (χ0v) is 20.2. The summed E-state index contributed by atoms with van der Waals surface area (Å²) in [5.74, 6) is -1.12. The smallest absolute Gasteiger partial charge is 0.340 e. The lowest BCUT2D eigenvalue weighted by molar-refractivity contribution is -0.148. The molecule has 2 heterocycles. The summed E-state index contributed by atoms with van der Waals surface area (Å²) in [6.07, 6.45) is 0.596. The maximum absolute atomic E-state index is 13.3. The van der Waals surface area contributed by atoms with Crippen LogP contribution >= 0.6 is 45.9 Å². The molecule has 0 radical (unpaired) electrons. The van der Waals surface area contributed by atoms with Gasteiger partial charge in [-0.05, 0) is 47.2 Å². The summed E-state index contributed by atoms with van der Waals surface area (Å²) >= 11 is 15.0. The molecule has 0 aliphatic rings. The molecular formula is C25H17Cl2NO3S2. The molecule has 4 aromatic rings. The van der Waals surface area contributed by atoms with Crippen molar-refractivity contribution in [3.8, 4) is 0 Å². The Balaban J connectivity index is 1.64. The largest absolute Gasteiger partial charge is 0.444 e. The van der Waals surface area contributed by atoms with Crippen molar-refractivity contribution >= 4 is 75.1 Å². The number of ether oxygens (including phenoxy) is 1. The van der Waals surface area contributed by atoms with E-state index in [1.54, 1.807) is 48.5 Å². The van der Waals surface area contributed by atoms with Gasteiger partial charge in [0.2, 0.25) is 6.10 Å². The van der Waals surface area contributed by atoms with E-state index in [0.717, 1.165) is 9.75 Å². The third-order valence-corrected chi connectivity index (χ3v) is 6.69. The fourth-order valence-corrected chi connectivity index (χ4v) is 5.00. The Hall–Kier alpha value is -2.90. The van der Waals surface area contributed by atoms with Crippen LogP contribution in [0.25, 0.3) is 11.6 Å². The zero-order chi connectivity index (χ0) is 23.2. The second kappa shape index (κ2) is 10.8. The standard InChI is InChI=1S/C25H17Cl2NO3S2/c26-17-12-18(27)14-19(13-17)28-24(29)23(16-6-2-1-3-7-16)31-25(30)21(22-9-5-11-33-22)15-20-8-4-10-32-20/h1-15,23H,(H,28,29)/b21-15+. The van der Waals surface area contributed by atoms with Crippen molar-refractivity contribution < 1.29 is 14.3 Å². The van der Waals surface area contributed by atoms with Gasteiger partial charge in [-0.3, -0.25) is 4.79 Å². The van der Waals surface area contributed by atoms with Crippen LogP contribution in [0.2, 0.25) is 10.0 Å². The lowest BCUT2D eigenvalue weighted by atomic mass is 10.1. The lowest BCUT2D eigenvalue weighted by Crippen LogP contribution is -2.26. The average Bonchev–Trinajstić information content (AvgIpc) is 3.49. The molecule has 0 bridgehead atoms. The maximum Gasteiger partial charge on any atom is 0.340 e. The summed E-state index contributed by atoms with van der Waals surface area (Å²) in [6.45, 7) is 0. The summed E-state index contributed by atoms with van der Waals surface area (Å²) in [4.78, 5) is 28.2. The summed E-state index contributed by atoms with van der Waals surface area (Å²) in [6, 6.07) is 21.1. The Morgan fingerprint density at radius 2 is 1.58 bits per heavy atom. The van der Waals surface area contributed by atoms with E-state index in [0.29, 0.717) is 26.9 Å². The fraction of sp³-hybridized carbons (Fsp3) is 0.0400. The molecule has 1 N–H and O–H groups in total. The minimum atomic E-state index is -1.18. The molecule has 0 aliphatic heterocycles. The zero-order valence-electron chi connectivity index (χ0n) is 17.0. The predicted molar refractivity (Wildman–Crippen MR) is 137 cm³/mol. The highest BCUT2D eigenvalue weighted by Crippen LogP contribution is 2.30. The maximum atomic E-state index is 13.3. The number of hydrogen-bond acceptors (Lipinski definition) is 5. The number of amides is 1. The van der Waals surface area contributed by atoms with Crippen LogP contribution < -0.4 is 5.32 Å². The first kappa shape index (κ1) is 23.3. The van der Waals surface area contributed by atoms with Crippen LogP contribution in [-0.2, 0) is 14.3 Å². The molecule has 0 aliphatic carbocycles. The Morgan fingerprint density at radius 1 is 0.879 bits per heavy atom. The van der Waals surface area contributed by atoms with Crippen LogP contribution in [0, 0.1) is 0 Å². The van der Waals surface area contributed by atoms with Crippen LogP contribution in [-0.4, -0.2) is 11.9 Å². The van der Waals surface area contributed by atoms with E-state index >= 15 is 0 Å². The second-order valence-corrected chi connectivity index (χ2v) is 9.69. The van der Waals surface area contributed by atoms with Gasteiger partial charge in [-0.1, -0.05) is 65.7 Å². The van der Waals surface area contributed by atoms with Crippen molar-refractivity contribution in [1.82, 2.24) is 0 Å². The number of benzene rings is 2. The summed E-state index contributed by atoms with van der Waals surface area (Å²) in [5, 5.41) is 7.32. The van der Waals surface area contributed by atoms with Gasteiger partial charge in [0.15, 0.2) is 0 Å².